The lowest BCUT2D eigenvalue weighted by Crippen LogP contribution is -2.32. The molecule has 1 aliphatic carbocycles. The number of nitrogens with one attached hydrogen (secondary N) is 1. The van der Waals surface area contributed by atoms with Crippen LogP contribution in [0.15, 0.2) is 12.3 Å². The van der Waals surface area contributed by atoms with E-state index in [-0.39, 0.29) is 29.7 Å². The first kappa shape index (κ1) is 15.5. The van der Waals surface area contributed by atoms with E-state index >= 15 is 0 Å². The third-order valence-corrected chi connectivity index (χ3v) is 4.06. The summed E-state index contributed by atoms with van der Waals surface area (Å²) in [6.07, 6.45) is 4.07. The van der Waals surface area contributed by atoms with Crippen LogP contribution in [0, 0.1) is 15.5 Å². The topological polar surface area (TPSA) is 97.4 Å². The van der Waals surface area contributed by atoms with Gasteiger partial charge in [0, 0.05) is 25.3 Å². The molecule has 0 spiro atoms. The number of amides is 1. The first-order valence-corrected chi connectivity index (χ1v) is 7.14. The van der Waals surface area contributed by atoms with E-state index in [1.54, 1.807) is 4.57 Å². The summed E-state index contributed by atoms with van der Waals surface area (Å²) in [7, 11) is 0. The Hall–Kier alpha value is -1.89. The number of hydrogen-bond acceptors (Lipinski definition) is 4. The van der Waals surface area contributed by atoms with Crippen LogP contribution in [-0.2, 0) is 0 Å². The zero-order chi connectivity index (χ0) is 15.6. The van der Waals surface area contributed by atoms with Crippen molar-refractivity contribution in [1.29, 1.82) is 0 Å². The van der Waals surface area contributed by atoms with Crippen molar-refractivity contribution in [2.24, 2.45) is 5.41 Å². The Morgan fingerprint density at radius 2 is 2.24 bits per heavy atom. The van der Waals surface area contributed by atoms with E-state index in [0.29, 0.717) is 18.7 Å². The van der Waals surface area contributed by atoms with E-state index in [1.165, 1.54) is 12.3 Å². The van der Waals surface area contributed by atoms with Gasteiger partial charge in [0.2, 0.25) is 0 Å². The summed E-state index contributed by atoms with van der Waals surface area (Å²) in [6.45, 7) is 4.36. The molecule has 1 fully saturated rings. The summed E-state index contributed by atoms with van der Waals surface area (Å²) in [4.78, 5) is 22.6. The van der Waals surface area contributed by atoms with Crippen LogP contribution in [-0.4, -0.2) is 33.7 Å². The van der Waals surface area contributed by atoms with Crippen molar-refractivity contribution >= 4 is 11.6 Å². The molecule has 2 rings (SSSR count). The van der Waals surface area contributed by atoms with E-state index < -0.39 is 4.92 Å². The molecule has 7 heteroatoms. The van der Waals surface area contributed by atoms with E-state index in [0.717, 1.165) is 12.8 Å². The predicted octanol–water partition coefficient (Wildman–Crippen LogP) is 1.87. The summed E-state index contributed by atoms with van der Waals surface area (Å²) in [5, 5.41) is 22.7. The highest BCUT2D eigenvalue weighted by Gasteiger charge is 2.42. The molecule has 7 nitrogen and oxygen atoms in total. The lowest BCUT2D eigenvalue weighted by molar-refractivity contribution is -0.384. The number of rotatable bonds is 7. The SMILES string of the molecule is CC(C)n1cc([N+](=O)[O-])cc1C(=O)NCC1(CCO)CC1. The molecular weight excluding hydrogens is 274 g/mol. The van der Waals surface area contributed by atoms with Gasteiger partial charge in [-0.05, 0) is 38.5 Å². The Balaban J connectivity index is 2.09. The molecule has 0 bridgehead atoms. The average molecular weight is 295 g/mol. The van der Waals surface area contributed by atoms with Crippen molar-refractivity contribution in [3.8, 4) is 0 Å². The van der Waals surface area contributed by atoms with Gasteiger partial charge in [-0.1, -0.05) is 0 Å². The Labute approximate surface area is 123 Å². The highest BCUT2D eigenvalue weighted by atomic mass is 16.6. The number of aliphatic hydroxyl groups excluding tert-OH is 1. The monoisotopic (exact) mass is 295 g/mol. The first-order valence-electron chi connectivity index (χ1n) is 7.14. The standard InChI is InChI=1S/C14H21N3O4/c1-10(2)16-8-11(17(20)21)7-12(16)13(19)15-9-14(3-4-14)5-6-18/h7-8,10,18H,3-6,9H2,1-2H3,(H,15,19). The van der Waals surface area contributed by atoms with Gasteiger partial charge in [0.15, 0.2) is 0 Å². The molecule has 116 valence electrons. The summed E-state index contributed by atoms with van der Waals surface area (Å²) >= 11 is 0. The second kappa shape index (κ2) is 5.85. The van der Waals surface area contributed by atoms with Gasteiger partial charge >= 0.3 is 0 Å². The number of hydrogen-bond donors (Lipinski definition) is 2. The van der Waals surface area contributed by atoms with Crippen LogP contribution >= 0.6 is 0 Å². The first-order chi connectivity index (χ1) is 9.88. The Bertz CT molecular complexity index is 546. The summed E-state index contributed by atoms with van der Waals surface area (Å²) in [6, 6.07) is 1.27. The quantitative estimate of drug-likeness (QED) is 0.592. The van der Waals surface area contributed by atoms with Gasteiger partial charge in [-0.3, -0.25) is 14.9 Å². The normalized spacial score (nSPS) is 16.0. The zero-order valence-corrected chi connectivity index (χ0v) is 12.3. The maximum absolute atomic E-state index is 12.3. The molecule has 0 aliphatic heterocycles. The van der Waals surface area contributed by atoms with Gasteiger partial charge < -0.3 is 15.0 Å². The van der Waals surface area contributed by atoms with Crippen LogP contribution in [0.1, 0.15) is 49.6 Å². The fourth-order valence-electron chi connectivity index (χ4n) is 2.46. The molecule has 1 amide bonds. The van der Waals surface area contributed by atoms with Crippen LogP contribution < -0.4 is 5.32 Å². The van der Waals surface area contributed by atoms with Crippen molar-refractivity contribution in [3.63, 3.8) is 0 Å². The molecule has 0 radical (unpaired) electrons. The van der Waals surface area contributed by atoms with Gasteiger partial charge in [0.1, 0.15) is 5.69 Å². The third-order valence-electron chi connectivity index (χ3n) is 4.06. The third kappa shape index (κ3) is 3.41. The molecule has 1 heterocycles. The fourth-order valence-corrected chi connectivity index (χ4v) is 2.46. The molecule has 0 aromatic carbocycles. The number of carbonyl (C=O) groups is 1. The molecule has 2 N–H and O–H groups in total. The van der Waals surface area contributed by atoms with Crippen molar-refractivity contribution < 1.29 is 14.8 Å². The fraction of sp³-hybridized carbons (Fsp3) is 0.643. The van der Waals surface area contributed by atoms with Crippen LogP contribution in [0.3, 0.4) is 0 Å². The molecule has 1 aliphatic rings. The Morgan fingerprint density at radius 1 is 1.57 bits per heavy atom. The van der Waals surface area contributed by atoms with E-state index in [1.807, 2.05) is 13.8 Å². The zero-order valence-electron chi connectivity index (χ0n) is 12.3. The smallest absolute Gasteiger partial charge is 0.287 e. The van der Waals surface area contributed by atoms with Gasteiger partial charge in [-0.15, -0.1) is 0 Å². The molecule has 1 aromatic rings. The van der Waals surface area contributed by atoms with Crippen molar-refractivity contribution in [2.75, 3.05) is 13.2 Å². The molecule has 0 saturated heterocycles. The number of aromatic nitrogens is 1. The predicted molar refractivity (Wildman–Crippen MR) is 77.2 cm³/mol. The van der Waals surface area contributed by atoms with Crippen LogP contribution in [0.2, 0.25) is 0 Å². The largest absolute Gasteiger partial charge is 0.396 e. The van der Waals surface area contributed by atoms with E-state index in [2.05, 4.69) is 5.32 Å². The second-order valence-electron chi connectivity index (χ2n) is 6.00. The minimum Gasteiger partial charge on any atom is -0.396 e. The lowest BCUT2D eigenvalue weighted by atomic mass is 10.0. The number of aliphatic hydroxyl groups is 1. The molecule has 21 heavy (non-hydrogen) atoms. The van der Waals surface area contributed by atoms with Crippen molar-refractivity contribution in [3.05, 3.63) is 28.1 Å². The van der Waals surface area contributed by atoms with Crippen LogP contribution in [0.5, 0.6) is 0 Å². The Kier molecular flexibility index (Phi) is 4.32. The van der Waals surface area contributed by atoms with Crippen molar-refractivity contribution in [2.45, 2.75) is 39.2 Å². The number of nitro groups is 1. The minimum atomic E-state index is -0.496. The molecule has 0 atom stereocenters. The van der Waals surface area contributed by atoms with Gasteiger partial charge in [0.25, 0.3) is 11.6 Å². The maximum atomic E-state index is 12.3. The van der Waals surface area contributed by atoms with E-state index in [9.17, 15) is 14.9 Å². The second-order valence-corrected chi connectivity index (χ2v) is 6.00. The molecule has 0 unspecified atom stereocenters. The molecule has 1 aromatic heterocycles. The molecule has 1 saturated carbocycles. The highest BCUT2D eigenvalue weighted by molar-refractivity contribution is 5.93. The summed E-state index contributed by atoms with van der Waals surface area (Å²) < 4.78 is 1.61. The van der Waals surface area contributed by atoms with Gasteiger partial charge in [-0.25, -0.2) is 0 Å². The maximum Gasteiger partial charge on any atom is 0.287 e. The summed E-state index contributed by atoms with van der Waals surface area (Å²) in [5.41, 5.74) is 0.243. The number of nitrogens with zero attached hydrogens (tertiary/aromatic N) is 2. The van der Waals surface area contributed by atoms with Crippen molar-refractivity contribution in [1.82, 2.24) is 9.88 Å². The van der Waals surface area contributed by atoms with Gasteiger partial charge in [0.05, 0.1) is 11.1 Å². The highest BCUT2D eigenvalue weighted by Crippen LogP contribution is 2.47. The average Bonchev–Trinajstić information content (AvgIpc) is 3.03. The Morgan fingerprint density at radius 3 is 2.71 bits per heavy atom. The van der Waals surface area contributed by atoms with Crippen LogP contribution in [0.25, 0.3) is 0 Å². The van der Waals surface area contributed by atoms with Gasteiger partial charge in [-0.2, -0.15) is 0 Å². The summed E-state index contributed by atoms with van der Waals surface area (Å²) in [5.74, 6) is -0.305. The van der Waals surface area contributed by atoms with E-state index in [4.69, 9.17) is 5.11 Å². The molecular formula is C14H21N3O4. The minimum absolute atomic E-state index is 0.0194. The number of carbonyl (C=O) groups excluding carboxylic acids is 1. The lowest BCUT2D eigenvalue weighted by Gasteiger charge is -2.16. The van der Waals surface area contributed by atoms with Crippen LogP contribution in [0.4, 0.5) is 5.69 Å².